The number of unbranched alkanes of at least 4 members (excludes halogenated alkanes) is 1. The van der Waals surface area contributed by atoms with E-state index in [0.29, 0.717) is 26.1 Å². The number of likely N-dealkylation sites (N-methyl/N-ethyl adjacent to an activating group) is 6. The summed E-state index contributed by atoms with van der Waals surface area (Å²) in [6.07, 6.45) is 4.32. The third kappa shape index (κ3) is 21.9. The number of nitrogens with zero attached hydrogens (tertiary/aromatic N) is 8. The van der Waals surface area contributed by atoms with Crippen molar-refractivity contribution in [2.45, 2.75) is 241 Å². The highest BCUT2D eigenvalue weighted by atomic mass is 16.7. The highest BCUT2D eigenvalue weighted by Gasteiger charge is 2.55. The highest BCUT2D eigenvalue weighted by Crippen LogP contribution is 2.34. The summed E-state index contributed by atoms with van der Waals surface area (Å²) in [7, 11) is 8.66. The van der Waals surface area contributed by atoms with Crippen LogP contribution in [0.2, 0.25) is 0 Å². The van der Waals surface area contributed by atoms with E-state index in [4.69, 9.17) is 14.3 Å². The van der Waals surface area contributed by atoms with Gasteiger partial charge in [-0.05, 0) is 122 Å². The minimum absolute atomic E-state index is 0.0521. The van der Waals surface area contributed by atoms with Gasteiger partial charge < -0.3 is 60.1 Å². The second kappa shape index (κ2) is 37.9. The average Bonchev–Trinajstić information content (AvgIpc) is 0.757. The van der Waals surface area contributed by atoms with E-state index in [9.17, 15) is 33.6 Å². The van der Waals surface area contributed by atoms with Gasteiger partial charge in [0, 0.05) is 62.0 Å². The molecule has 536 valence electrons. The molecular formula is C68H120N12O14. The van der Waals surface area contributed by atoms with Crippen molar-refractivity contribution in [3.05, 3.63) is 12.2 Å². The van der Waals surface area contributed by atoms with Crippen molar-refractivity contribution in [2.24, 2.45) is 35.5 Å². The minimum atomic E-state index is -1.38. The Bertz CT molecular complexity index is 2600. The quantitative estimate of drug-likeness (QED) is 0.106. The fraction of sp³-hybridized carbons (Fsp3) is 0.809. The standard InChI is InChI=1S/C68H120N12O14/c1-24-26-29-44(13)57-56-61(84)71-49(25-2)64(87)73(18)47(16)63(86)78(23)55(48(17)93-33-28-27-30-79-31-34-92-35-32-79)60(83)72-53(42(9)10)67(90)74(19)50(36-39(3)4)59(82)69-45(14)58(81)70-46(15)62(85)75(20)51(37-40(5)6)65(88)76(21)52(38-41(7)8)66(89)77(22)54(43(11)12)68(91)80(56)94-57/h24,26,39-57H,25,27-38H2,1-23H3,(H,69,82)(H,70,81)(H,71,84)(H,72,83)/b26-24+/t44?,45-,46+,47+,48+,49-,50-,51?,52-,53-,54-,55-,56-,57+/m0/s1. The topological polar surface area (TPSA) is 289 Å². The number of carbonyl (C=O) groups excluding carboxylic acids is 11. The van der Waals surface area contributed by atoms with Gasteiger partial charge in [-0.15, -0.1) is 0 Å². The summed E-state index contributed by atoms with van der Waals surface area (Å²) in [6, 6.07) is -13.6. The molecule has 0 aromatic heterocycles. The predicted molar refractivity (Wildman–Crippen MR) is 358 cm³/mol. The maximum Gasteiger partial charge on any atom is 0.270 e. The van der Waals surface area contributed by atoms with Crippen LogP contribution in [0.5, 0.6) is 0 Å². The molecule has 3 heterocycles. The molecule has 94 heavy (non-hydrogen) atoms. The van der Waals surface area contributed by atoms with E-state index in [-0.39, 0.29) is 56.0 Å². The molecule has 0 spiro atoms. The van der Waals surface area contributed by atoms with Crippen LogP contribution in [0, 0.1) is 35.5 Å². The second-order valence-corrected chi connectivity index (χ2v) is 28.3. The van der Waals surface area contributed by atoms with Gasteiger partial charge >= 0.3 is 0 Å². The maximum atomic E-state index is 15.2. The number of hydroxylamine groups is 2. The molecule has 0 saturated carbocycles. The Morgan fingerprint density at radius 1 is 0.521 bits per heavy atom. The summed E-state index contributed by atoms with van der Waals surface area (Å²) < 4.78 is 11.9. The zero-order valence-electron chi connectivity index (χ0n) is 61.1. The molecule has 0 aromatic carbocycles. The number of hydrogen-bond donors (Lipinski definition) is 4. The monoisotopic (exact) mass is 1330 g/mol. The van der Waals surface area contributed by atoms with Gasteiger partial charge in [-0.25, -0.2) is 5.06 Å². The first-order valence-corrected chi connectivity index (χ1v) is 34.2. The van der Waals surface area contributed by atoms with Crippen molar-refractivity contribution in [3.8, 4) is 0 Å². The SMILES string of the molecule is C/C=C/CC(C)[C@H]1ON2C(=O)[C@H](C(C)C)N(C)C(=O)[C@H](CC(C)C)N(C)C(=O)C(CC(C)C)N(C)C(=O)[C@@H](C)NC(=O)[C@H](C)NC(=O)[C@H](CC(C)C)N(C)C(=O)[C@H](C(C)C)NC(=O)[C@H]([C@@H](C)OCCCCN3CCOCC3)N(C)C(=O)[C@@H](C)N(C)C(=O)[C@H](CC)NC(=O)[C@H]12. The molecule has 26 heteroatoms. The Kier molecular flexibility index (Phi) is 33.0. The summed E-state index contributed by atoms with van der Waals surface area (Å²) in [5.41, 5.74) is 0. The maximum absolute atomic E-state index is 15.2. The van der Waals surface area contributed by atoms with E-state index < -0.39 is 155 Å². The van der Waals surface area contributed by atoms with Crippen LogP contribution in [0.4, 0.5) is 0 Å². The molecule has 0 bridgehead atoms. The Balaban J connectivity index is 2.28. The van der Waals surface area contributed by atoms with Crippen LogP contribution in [0.25, 0.3) is 0 Å². The lowest BCUT2D eigenvalue weighted by Gasteiger charge is -2.50. The van der Waals surface area contributed by atoms with Gasteiger partial charge in [-0.2, -0.15) is 0 Å². The molecule has 3 aliphatic rings. The normalized spacial score (nSPS) is 28.6. The minimum Gasteiger partial charge on any atom is -0.379 e. The molecule has 3 fully saturated rings. The number of hydrogen-bond acceptors (Lipinski definition) is 15. The molecule has 2 unspecified atom stereocenters. The summed E-state index contributed by atoms with van der Waals surface area (Å²) in [5.74, 6) is -9.28. The Morgan fingerprint density at radius 3 is 1.55 bits per heavy atom. The molecular weight excluding hydrogens is 1210 g/mol. The number of nitrogens with one attached hydrogen (secondary N) is 4. The zero-order chi connectivity index (χ0) is 71.5. The molecule has 14 atom stereocenters. The van der Waals surface area contributed by atoms with Gasteiger partial charge in [-0.3, -0.25) is 62.5 Å². The molecule has 11 amide bonds. The van der Waals surface area contributed by atoms with E-state index in [1.165, 1.54) is 92.5 Å². The average molecular weight is 1330 g/mol. The molecule has 3 saturated heterocycles. The van der Waals surface area contributed by atoms with Gasteiger partial charge in [0.1, 0.15) is 66.5 Å². The Morgan fingerprint density at radius 2 is 1.03 bits per heavy atom. The molecule has 26 nitrogen and oxygen atoms in total. The lowest BCUT2D eigenvalue weighted by molar-refractivity contribution is -0.321. The Labute approximate surface area is 561 Å². The number of rotatable bonds is 19. The number of ether oxygens (including phenoxy) is 2. The second-order valence-electron chi connectivity index (χ2n) is 28.3. The molecule has 4 N–H and O–H groups in total. The van der Waals surface area contributed by atoms with E-state index in [1.54, 1.807) is 41.5 Å². The fourth-order valence-corrected chi connectivity index (χ4v) is 12.4. The molecule has 0 aliphatic carbocycles. The predicted octanol–water partition coefficient (Wildman–Crippen LogP) is 3.45. The van der Waals surface area contributed by atoms with Crippen LogP contribution in [0.15, 0.2) is 12.2 Å². The number of fused-ring (bicyclic) bond motifs is 1. The van der Waals surface area contributed by atoms with Crippen molar-refractivity contribution in [3.63, 3.8) is 0 Å². The number of amides is 11. The lowest BCUT2D eigenvalue weighted by atomic mass is 9.90. The van der Waals surface area contributed by atoms with Crippen molar-refractivity contribution in [1.82, 2.24) is 60.6 Å². The molecule has 3 aliphatic heterocycles. The summed E-state index contributed by atoms with van der Waals surface area (Å²) in [5, 5.41) is 12.1. The number of carbonyl (C=O) groups is 11. The van der Waals surface area contributed by atoms with Gasteiger partial charge in [0.05, 0.1) is 19.3 Å². The fourth-order valence-electron chi connectivity index (χ4n) is 12.4. The van der Waals surface area contributed by atoms with Crippen molar-refractivity contribution in [1.29, 1.82) is 0 Å². The third-order valence-corrected chi connectivity index (χ3v) is 18.5. The van der Waals surface area contributed by atoms with E-state index in [1.807, 2.05) is 67.5 Å². The van der Waals surface area contributed by atoms with Crippen molar-refractivity contribution < 1.29 is 67.1 Å². The smallest absolute Gasteiger partial charge is 0.270 e. The van der Waals surface area contributed by atoms with Crippen LogP contribution >= 0.6 is 0 Å². The van der Waals surface area contributed by atoms with Crippen LogP contribution in [-0.4, -0.2) is 265 Å². The van der Waals surface area contributed by atoms with E-state index in [0.717, 1.165) is 31.1 Å². The van der Waals surface area contributed by atoms with Crippen LogP contribution in [0.3, 0.4) is 0 Å². The van der Waals surface area contributed by atoms with E-state index >= 15 is 19.2 Å². The lowest BCUT2D eigenvalue weighted by Crippen LogP contribution is -2.72. The van der Waals surface area contributed by atoms with Gasteiger partial charge in [0.25, 0.3) is 5.91 Å². The largest absolute Gasteiger partial charge is 0.379 e. The number of allylic oxidation sites excluding steroid dienone is 2. The van der Waals surface area contributed by atoms with Crippen LogP contribution in [-0.2, 0) is 67.1 Å². The Hall–Kier alpha value is -6.25. The van der Waals surface area contributed by atoms with Gasteiger partial charge in [-0.1, -0.05) is 95.2 Å². The summed E-state index contributed by atoms with van der Waals surface area (Å²) in [4.78, 5) is 179. The molecule has 0 radical (unpaired) electrons. The number of morpholine rings is 1. The van der Waals surface area contributed by atoms with Crippen LogP contribution < -0.4 is 21.3 Å². The van der Waals surface area contributed by atoms with E-state index in [2.05, 4.69) is 26.2 Å². The first-order chi connectivity index (χ1) is 43.9. The first kappa shape index (κ1) is 82.0. The van der Waals surface area contributed by atoms with Gasteiger partial charge in [0.2, 0.25) is 59.1 Å². The zero-order valence-corrected chi connectivity index (χ0v) is 61.1. The first-order valence-electron chi connectivity index (χ1n) is 34.2. The third-order valence-electron chi connectivity index (χ3n) is 18.5. The molecule has 3 rings (SSSR count). The summed E-state index contributed by atoms with van der Waals surface area (Å²) >= 11 is 0. The highest BCUT2D eigenvalue weighted by molar-refractivity contribution is 6.00. The van der Waals surface area contributed by atoms with Crippen LogP contribution in [0.1, 0.15) is 163 Å². The summed E-state index contributed by atoms with van der Waals surface area (Å²) in [6.45, 7) is 33.6. The van der Waals surface area contributed by atoms with Gasteiger partial charge in [0.15, 0.2) is 6.04 Å². The van der Waals surface area contributed by atoms with Crippen molar-refractivity contribution in [2.75, 3.05) is 81.7 Å². The van der Waals surface area contributed by atoms with Crippen molar-refractivity contribution >= 4 is 65.0 Å². The molecule has 0 aromatic rings.